The molecule has 1 N–H and O–H groups in total. The Morgan fingerprint density at radius 2 is 1.47 bits per heavy atom. The van der Waals surface area contributed by atoms with Gasteiger partial charge in [0.2, 0.25) is 0 Å². The average molecular weight is 409 g/mol. The topological polar surface area (TPSA) is 36.1 Å². The summed E-state index contributed by atoms with van der Waals surface area (Å²) in [4.78, 5) is 20.2. The summed E-state index contributed by atoms with van der Waals surface area (Å²) in [6.45, 7) is 0. The first-order valence-corrected chi connectivity index (χ1v) is 10.7. The molecule has 3 atom stereocenters. The number of hydrogen-bond acceptors (Lipinski definition) is 2. The molecular formula is C26H20N2OS. The molecule has 30 heavy (non-hydrogen) atoms. The fourth-order valence-electron chi connectivity index (χ4n) is 5.18. The summed E-state index contributed by atoms with van der Waals surface area (Å²) in [5.74, 6) is -0.143. The second-order valence-electron chi connectivity index (χ2n) is 8.09. The molecule has 0 spiro atoms. The number of ketones is 1. The van der Waals surface area contributed by atoms with Gasteiger partial charge in [-0.3, -0.25) is 4.79 Å². The van der Waals surface area contributed by atoms with Gasteiger partial charge >= 0.3 is 0 Å². The second-order valence-corrected chi connectivity index (χ2v) is 8.51. The first kappa shape index (κ1) is 17.6. The molecule has 0 amide bonds. The Morgan fingerprint density at radius 1 is 0.833 bits per heavy atom. The van der Waals surface area contributed by atoms with Crippen molar-refractivity contribution in [3.8, 4) is 0 Å². The molecule has 1 saturated heterocycles. The number of nitrogens with one attached hydrogen (secondary N) is 1. The van der Waals surface area contributed by atoms with Gasteiger partial charge in [-0.1, -0.05) is 91.1 Å². The van der Waals surface area contributed by atoms with Crippen LogP contribution >= 0.6 is 12.2 Å². The van der Waals surface area contributed by atoms with Crippen LogP contribution in [-0.4, -0.2) is 26.7 Å². The van der Waals surface area contributed by atoms with Crippen molar-refractivity contribution < 1.29 is 4.79 Å². The number of fused-ring (bicyclic) bond motifs is 4. The number of aromatic amines is 1. The first-order valence-electron chi connectivity index (χ1n) is 10.3. The van der Waals surface area contributed by atoms with Crippen molar-refractivity contribution in [2.75, 3.05) is 0 Å². The van der Waals surface area contributed by atoms with Crippen molar-refractivity contribution in [3.05, 3.63) is 107 Å². The number of thiocarbonyl (C=S) groups is 1. The number of aromatic nitrogens is 1. The molecular weight excluding hydrogens is 388 g/mol. The maximum atomic E-state index is 13.7. The van der Waals surface area contributed by atoms with Crippen LogP contribution in [0.25, 0.3) is 10.9 Å². The molecule has 0 aliphatic carbocycles. The van der Waals surface area contributed by atoms with E-state index in [-0.39, 0.29) is 23.8 Å². The maximum Gasteiger partial charge on any atom is 0.169 e. The molecule has 2 aliphatic heterocycles. The Labute approximate surface area is 180 Å². The van der Waals surface area contributed by atoms with Crippen LogP contribution in [-0.2, 0) is 11.2 Å². The molecule has 0 radical (unpaired) electrons. The highest BCUT2D eigenvalue weighted by atomic mass is 32.1. The van der Waals surface area contributed by atoms with E-state index in [1.165, 1.54) is 10.9 Å². The van der Waals surface area contributed by atoms with Gasteiger partial charge in [0.1, 0.15) is 0 Å². The van der Waals surface area contributed by atoms with Gasteiger partial charge in [-0.25, -0.2) is 0 Å². The standard InChI is InChI=1S/C26H20N2OS/c29-25-21-15-19-18-13-7-8-14-20(18)27-23(19)24(17-11-5-2-6-12-17)28(21)26(30)22(25)16-9-3-1-4-10-16/h1-14,21-22,24,27H,15H2/t21-,22-,24+/m0/s1. The average Bonchev–Trinajstić information content (AvgIpc) is 3.28. The molecule has 3 heterocycles. The molecule has 1 fully saturated rings. The molecule has 3 nitrogen and oxygen atoms in total. The van der Waals surface area contributed by atoms with Crippen molar-refractivity contribution in [2.45, 2.75) is 24.4 Å². The van der Waals surface area contributed by atoms with E-state index in [4.69, 9.17) is 12.2 Å². The Kier molecular flexibility index (Phi) is 3.90. The molecule has 1 aromatic heterocycles. The number of carbonyl (C=O) groups excluding carboxylic acids is 1. The monoisotopic (exact) mass is 408 g/mol. The molecule has 4 heteroatoms. The van der Waals surface area contributed by atoms with Crippen LogP contribution in [0.1, 0.15) is 34.3 Å². The van der Waals surface area contributed by atoms with Crippen LogP contribution < -0.4 is 0 Å². The summed E-state index contributed by atoms with van der Waals surface area (Å²) in [7, 11) is 0. The zero-order valence-corrected chi connectivity index (χ0v) is 17.1. The van der Waals surface area contributed by atoms with Crippen LogP contribution in [0, 0.1) is 0 Å². The third kappa shape index (κ3) is 2.44. The van der Waals surface area contributed by atoms with Crippen molar-refractivity contribution >= 4 is 33.9 Å². The molecule has 3 aromatic carbocycles. The predicted molar refractivity (Wildman–Crippen MR) is 123 cm³/mol. The highest BCUT2D eigenvalue weighted by Crippen LogP contribution is 2.47. The van der Waals surface area contributed by atoms with Crippen LogP contribution in [0.3, 0.4) is 0 Å². The van der Waals surface area contributed by atoms with E-state index in [9.17, 15) is 4.79 Å². The van der Waals surface area contributed by atoms with Gasteiger partial charge in [0, 0.05) is 23.0 Å². The predicted octanol–water partition coefficient (Wildman–Crippen LogP) is 5.18. The fourth-order valence-corrected chi connectivity index (χ4v) is 5.67. The minimum Gasteiger partial charge on any atom is -0.356 e. The maximum absolute atomic E-state index is 13.7. The van der Waals surface area contributed by atoms with E-state index in [2.05, 4.69) is 52.3 Å². The summed E-state index contributed by atoms with van der Waals surface area (Å²) in [6, 6.07) is 28.4. The smallest absolute Gasteiger partial charge is 0.169 e. The largest absolute Gasteiger partial charge is 0.356 e. The van der Waals surface area contributed by atoms with E-state index in [0.29, 0.717) is 6.42 Å². The lowest BCUT2D eigenvalue weighted by molar-refractivity contribution is -0.121. The number of hydrogen-bond donors (Lipinski definition) is 1. The van der Waals surface area contributed by atoms with Crippen molar-refractivity contribution in [3.63, 3.8) is 0 Å². The number of nitrogens with zero attached hydrogens (tertiary/aromatic N) is 1. The molecule has 2 aliphatic rings. The van der Waals surface area contributed by atoms with Gasteiger partial charge in [0.25, 0.3) is 0 Å². The Hall–Kier alpha value is -3.24. The highest BCUT2D eigenvalue weighted by Gasteiger charge is 2.51. The third-order valence-corrected chi connectivity index (χ3v) is 6.94. The zero-order chi connectivity index (χ0) is 20.2. The Bertz CT molecular complexity index is 1280. The number of H-pyrrole nitrogens is 1. The molecule has 0 unspecified atom stereocenters. The molecule has 0 bridgehead atoms. The molecule has 0 saturated carbocycles. The number of benzene rings is 3. The normalized spacial score (nSPS) is 22.9. The van der Waals surface area contributed by atoms with Gasteiger partial charge in [-0.2, -0.15) is 0 Å². The fraction of sp³-hybridized carbons (Fsp3) is 0.154. The first-order chi connectivity index (χ1) is 14.7. The summed E-state index contributed by atoms with van der Waals surface area (Å²) < 4.78 is 0. The van der Waals surface area contributed by atoms with E-state index in [1.807, 2.05) is 42.5 Å². The number of carbonyl (C=O) groups is 1. The van der Waals surface area contributed by atoms with E-state index >= 15 is 0 Å². The lowest BCUT2D eigenvalue weighted by Gasteiger charge is -2.38. The molecule has 146 valence electrons. The highest BCUT2D eigenvalue weighted by molar-refractivity contribution is 7.80. The summed E-state index contributed by atoms with van der Waals surface area (Å²) >= 11 is 5.98. The van der Waals surface area contributed by atoms with Gasteiger partial charge < -0.3 is 9.88 Å². The van der Waals surface area contributed by atoms with Gasteiger partial charge in [-0.15, -0.1) is 0 Å². The summed E-state index contributed by atoms with van der Waals surface area (Å²) in [6.07, 6.45) is 0.686. The second kappa shape index (κ2) is 6.64. The van der Waals surface area contributed by atoms with Crippen molar-refractivity contribution in [1.29, 1.82) is 0 Å². The summed E-state index contributed by atoms with van der Waals surface area (Å²) in [5.41, 5.74) is 5.65. The Balaban J connectivity index is 1.56. The molecule has 6 rings (SSSR count). The molecule has 4 aromatic rings. The zero-order valence-electron chi connectivity index (χ0n) is 16.3. The SMILES string of the molecule is O=C1[C@H](c2ccccc2)C(=S)N2[C@H](c3ccccc3)c3[nH]c4ccccc4c3C[C@@H]12. The summed E-state index contributed by atoms with van der Waals surface area (Å²) in [5, 5.41) is 1.20. The Morgan fingerprint density at radius 3 is 2.20 bits per heavy atom. The quantitative estimate of drug-likeness (QED) is 0.465. The van der Waals surface area contributed by atoms with Crippen LogP contribution in [0.5, 0.6) is 0 Å². The van der Waals surface area contributed by atoms with Gasteiger partial charge in [0.05, 0.1) is 23.0 Å². The number of rotatable bonds is 2. The van der Waals surface area contributed by atoms with Gasteiger partial charge in [-0.05, 0) is 22.8 Å². The van der Waals surface area contributed by atoms with E-state index in [0.717, 1.165) is 27.3 Å². The van der Waals surface area contributed by atoms with Crippen LogP contribution in [0.2, 0.25) is 0 Å². The number of Topliss-reactive ketones (excluding diaryl/α,β-unsaturated/α-hetero) is 1. The van der Waals surface area contributed by atoms with Crippen LogP contribution in [0.4, 0.5) is 0 Å². The third-order valence-electron chi connectivity index (χ3n) is 6.49. The minimum atomic E-state index is -0.354. The van der Waals surface area contributed by atoms with Crippen molar-refractivity contribution in [2.24, 2.45) is 0 Å². The number of para-hydroxylation sites is 1. The van der Waals surface area contributed by atoms with E-state index < -0.39 is 0 Å². The van der Waals surface area contributed by atoms with E-state index in [1.54, 1.807) is 0 Å². The van der Waals surface area contributed by atoms with Crippen LogP contribution in [0.15, 0.2) is 84.9 Å². The lowest BCUT2D eigenvalue weighted by Crippen LogP contribution is -2.43. The lowest BCUT2D eigenvalue weighted by atomic mass is 9.87. The minimum absolute atomic E-state index is 0.0856. The van der Waals surface area contributed by atoms with Gasteiger partial charge in [0.15, 0.2) is 5.78 Å². The van der Waals surface area contributed by atoms with Crippen molar-refractivity contribution in [1.82, 2.24) is 9.88 Å².